The van der Waals surface area contributed by atoms with Gasteiger partial charge < -0.3 is 20.1 Å². The number of ether oxygens (including phenoxy) is 1. The highest BCUT2D eigenvalue weighted by atomic mass is 35.5. The summed E-state index contributed by atoms with van der Waals surface area (Å²) in [5.74, 6) is -2.80. The Kier molecular flexibility index (Phi) is 7.73. The molecule has 2 N–H and O–H groups in total. The number of likely N-dealkylation sites (tertiary alicyclic amines) is 1. The minimum Gasteiger partial charge on any atom is -0.466 e. The highest BCUT2D eigenvalue weighted by Gasteiger charge is 2.56. The number of anilines is 1. The SMILES string of the molecule is CCOC(=O)[C@H]1[C@@H]2C(=O)N(CCCCO)[C@H](C(=O)Nc3ccc(Cl)cc3)[C@H]2C=C[C@H]1C. The van der Waals surface area contributed by atoms with Crippen molar-refractivity contribution in [3.63, 3.8) is 0 Å². The van der Waals surface area contributed by atoms with E-state index in [9.17, 15) is 14.4 Å². The van der Waals surface area contributed by atoms with Gasteiger partial charge in [-0.3, -0.25) is 14.4 Å². The highest BCUT2D eigenvalue weighted by Crippen LogP contribution is 2.44. The van der Waals surface area contributed by atoms with Crippen molar-refractivity contribution in [2.45, 2.75) is 32.7 Å². The average Bonchev–Trinajstić information content (AvgIpc) is 3.02. The molecule has 0 saturated carbocycles. The molecule has 5 atom stereocenters. The van der Waals surface area contributed by atoms with Gasteiger partial charge in [0.05, 0.1) is 18.4 Å². The predicted molar refractivity (Wildman–Crippen MR) is 117 cm³/mol. The lowest BCUT2D eigenvalue weighted by Gasteiger charge is -2.32. The molecule has 1 aromatic rings. The van der Waals surface area contributed by atoms with Gasteiger partial charge in [0.1, 0.15) is 6.04 Å². The number of fused-ring (bicyclic) bond motifs is 1. The first-order valence-corrected chi connectivity index (χ1v) is 11.1. The van der Waals surface area contributed by atoms with Crippen molar-refractivity contribution in [3.05, 3.63) is 41.4 Å². The van der Waals surface area contributed by atoms with Crippen molar-refractivity contribution in [2.24, 2.45) is 23.7 Å². The van der Waals surface area contributed by atoms with E-state index in [2.05, 4.69) is 5.32 Å². The first-order valence-electron chi connectivity index (χ1n) is 10.7. The summed E-state index contributed by atoms with van der Waals surface area (Å²) in [6, 6.07) is 6.01. The minimum absolute atomic E-state index is 0.0128. The molecule has 0 aromatic heterocycles. The van der Waals surface area contributed by atoms with Crippen LogP contribution in [0.4, 0.5) is 5.69 Å². The predicted octanol–water partition coefficient (Wildman–Crippen LogP) is 2.88. The van der Waals surface area contributed by atoms with Crippen LogP contribution in [0.2, 0.25) is 5.02 Å². The van der Waals surface area contributed by atoms with Gasteiger partial charge in [-0.15, -0.1) is 0 Å². The highest BCUT2D eigenvalue weighted by molar-refractivity contribution is 6.30. The van der Waals surface area contributed by atoms with Crippen molar-refractivity contribution in [3.8, 4) is 0 Å². The number of benzene rings is 1. The zero-order chi connectivity index (χ0) is 22.5. The lowest BCUT2D eigenvalue weighted by atomic mass is 9.70. The third-order valence-electron chi connectivity index (χ3n) is 6.02. The number of aliphatic hydroxyl groups excluding tert-OH is 1. The third kappa shape index (κ3) is 4.93. The van der Waals surface area contributed by atoms with E-state index in [1.807, 2.05) is 19.1 Å². The van der Waals surface area contributed by atoms with E-state index >= 15 is 0 Å². The molecule has 1 saturated heterocycles. The zero-order valence-corrected chi connectivity index (χ0v) is 18.5. The van der Waals surface area contributed by atoms with Gasteiger partial charge in [0.25, 0.3) is 0 Å². The molecular weight excluding hydrogens is 420 g/mol. The number of nitrogens with zero attached hydrogens (tertiary/aromatic N) is 1. The van der Waals surface area contributed by atoms with Crippen LogP contribution in [0.3, 0.4) is 0 Å². The number of carbonyl (C=O) groups excluding carboxylic acids is 3. The van der Waals surface area contributed by atoms with Gasteiger partial charge in [-0.05, 0) is 49.9 Å². The van der Waals surface area contributed by atoms with Crippen LogP contribution in [-0.4, -0.2) is 53.6 Å². The van der Waals surface area contributed by atoms with Crippen LogP contribution in [0.1, 0.15) is 26.7 Å². The van der Waals surface area contributed by atoms with Crippen molar-refractivity contribution in [2.75, 3.05) is 25.1 Å². The number of amides is 2. The zero-order valence-electron chi connectivity index (χ0n) is 17.8. The second-order valence-electron chi connectivity index (χ2n) is 8.03. The van der Waals surface area contributed by atoms with E-state index in [0.717, 1.165) is 0 Å². The summed E-state index contributed by atoms with van der Waals surface area (Å²) in [5.41, 5.74) is 0.579. The van der Waals surface area contributed by atoms with E-state index in [-0.39, 0.29) is 30.9 Å². The van der Waals surface area contributed by atoms with Crippen molar-refractivity contribution in [1.29, 1.82) is 0 Å². The Bertz CT molecular complexity index is 841. The van der Waals surface area contributed by atoms with Crippen LogP contribution in [0.15, 0.2) is 36.4 Å². The Labute approximate surface area is 187 Å². The Balaban J connectivity index is 1.91. The van der Waals surface area contributed by atoms with Gasteiger partial charge in [-0.25, -0.2) is 0 Å². The van der Waals surface area contributed by atoms with Gasteiger partial charge in [0.15, 0.2) is 0 Å². The number of carbonyl (C=O) groups is 3. The molecule has 1 fully saturated rings. The quantitative estimate of drug-likeness (QED) is 0.362. The number of aliphatic hydroxyl groups is 1. The summed E-state index contributed by atoms with van der Waals surface area (Å²) in [6.45, 7) is 4.21. The number of hydrogen-bond acceptors (Lipinski definition) is 5. The first kappa shape index (κ1) is 23.3. The van der Waals surface area contributed by atoms with E-state index in [1.165, 1.54) is 0 Å². The van der Waals surface area contributed by atoms with Gasteiger partial charge in [-0.2, -0.15) is 0 Å². The van der Waals surface area contributed by atoms with Crippen LogP contribution in [-0.2, 0) is 19.1 Å². The fraction of sp³-hybridized carbons (Fsp3) is 0.522. The normalized spacial score (nSPS) is 27.2. The molecule has 2 aliphatic rings. The third-order valence-corrected chi connectivity index (χ3v) is 6.27. The molecule has 168 valence electrons. The maximum Gasteiger partial charge on any atom is 0.310 e. The minimum atomic E-state index is -0.743. The lowest BCUT2D eigenvalue weighted by Crippen LogP contribution is -2.44. The van der Waals surface area contributed by atoms with Gasteiger partial charge in [0.2, 0.25) is 11.8 Å². The molecule has 2 amide bonds. The van der Waals surface area contributed by atoms with Gasteiger partial charge >= 0.3 is 5.97 Å². The largest absolute Gasteiger partial charge is 0.466 e. The van der Waals surface area contributed by atoms with Crippen molar-refractivity contribution >= 4 is 35.1 Å². The number of hydrogen-bond donors (Lipinski definition) is 2. The Morgan fingerprint density at radius 1 is 1.19 bits per heavy atom. The Morgan fingerprint density at radius 2 is 1.90 bits per heavy atom. The van der Waals surface area contributed by atoms with E-state index < -0.39 is 29.8 Å². The van der Waals surface area contributed by atoms with Gasteiger partial charge in [-0.1, -0.05) is 30.7 Å². The van der Waals surface area contributed by atoms with E-state index in [4.69, 9.17) is 21.4 Å². The topological polar surface area (TPSA) is 95.9 Å². The first-order chi connectivity index (χ1) is 14.9. The van der Waals surface area contributed by atoms with Crippen LogP contribution in [0, 0.1) is 23.7 Å². The number of esters is 1. The summed E-state index contributed by atoms with van der Waals surface area (Å²) in [7, 11) is 0. The monoisotopic (exact) mass is 448 g/mol. The molecule has 1 aromatic carbocycles. The maximum absolute atomic E-state index is 13.4. The number of allylic oxidation sites excluding steroid dienone is 1. The molecule has 31 heavy (non-hydrogen) atoms. The average molecular weight is 449 g/mol. The molecule has 1 heterocycles. The molecule has 1 aliphatic heterocycles. The standard InChI is InChI=1S/C23H29ClN2O5/c1-3-31-23(30)18-14(2)6-11-17-19(18)22(29)26(12-4-5-13-27)20(17)21(28)25-16-9-7-15(24)8-10-16/h6-11,14,17-20,27H,3-5,12-13H2,1-2H3,(H,25,28)/t14-,17+,18-,19-,20+/m1/s1. The molecule has 7 nitrogen and oxygen atoms in total. The number of unbranched alkanes of at least 4 members (excludes halogenated alkanes) is 1. The lowest BCUT2D eigenvalue weighted by molar-refractivity contribution is -0.155. The Hall–Kier alpha value is -2.38. The second-order valence-corrected chi connectivity index (χ2v) is 8.46. The molecule has 0 radical (unpaired) electrons. The number of nitrogens with one attached hydrogen (secondary N) is 1. The number of rotatable bonds is 8. The smallest absolute Gasteiger partial charge is 0.310 e. The van der Waals surface area contributed by atoms with Gasteiger partial charge in [0, 0.05) is 29.8 Å². The molecule has 0 unspecified atom stereocenters. The fourth-order valence-corrected chi connectivity index (χ4v) is 4.70. The Morgan fingerprint density at radius 3 is 2.55 bits per heavy atom. The molecular formula is C23H29ClN2O5. The molecule has 8 heteroatoms. The van der Waals surface area contributed by atoms with Crippen LogP contribution in [0.5, 0.6) is 0 Å². The van der Waals surface area contributed by atoms with E-state index in [0.29, 0.717) is 30.1 Å². The van der Waals surface area contributed by atoms with Crippen LogP contribution >= 0.6 is 11.6 Å². The van der Waals surface area contributed by atoms with E-state index in [1.54, 1.807) is 36.1 Å². The molecule has 3 rings (SSSR count). The number of halogens is 1. The molecule has 1 aliphatic carbocycles. The van der Waals surface area contributed by atoms with Crippen LogP contribution < -0.4 is 5.32 Å². The summed E-state index contributed by atoms with van der Waals surface area (Å²) >= 11 is 5.93. The summed E-state index contributed by atoms with van der Waals surface area (Å²) < 4.78 is 5.25. The van der Waals surface area contributed by atoms with Crippen LogP contribution in [0.25, 0.3) is 0 Å². The second kappa shape index (κ2) is 10.3. The molecule has 0 bridgehead atoms. The fourth-order valence-electron chi connectivity index (χ4n) is 4.57. The summed E-state index contributed by atoms with van der Waals surface area (Å²) in [6.07, 6.45) is 4.88. The van der Waals surface area contributed by atoms with Crippen molar-refractivity contribution < 1.29 is 24.2 Å². The summed E-state index contributed by atoms with van der Waals surface area (Å²) in [4.78, 5) is 41.0. The summed E-state index contributed by atoms with van der Waals surface area (Å²) in [5, 5.41) is 12.6. The maximum atomic E-state index is 13.4. The van der Waals surface area contributed by atoms with Crippen molar-refractivity contribution in [1.82, 2.24) is 4.90 Å². The molecule has 0 spiro atoms.